The molecule has 1 fully saturated rings. The average molecular weight is 363 g/mol. The molecule has 0 amide bonds. The first-order valence-corrected chi connectivity index (χ1v) is 9.54. The number of halogens is 1. The van der Waals surface area contributed by atoms with E-state index in [0.717, 1.165) is 55.1 Å². The highest BCUT2D eigenvalue weighted by Gasteiger charge is 2.22. The van der Waals surface area contributed by atoms with Crippen LogP contribution in [0.1, 0.15) is 11.3 Å². The van der Waals surface area contributed by atoms with E-state index in [1.807, 2.05) is 6.07 Å². The molecule has 2 rings (SSSR count). The van der Waals surface area contributed by atoms with Gasteiger partial charge in [-0.1, -0.05) is 11.6 Å². The van der Waals surface area contributed by atoms with Crippen LogP contribution in [0.5, 0.6) is 0 Å². The van der Waals surface area contributed by atoms with Gasteiger partial charge in [-0.15, -0.1) is 11.3 Å². The van der Waals surface area contributed by atoms with Crippen LogP contribution in [0.3, 0.4) is 0 Å². The first-order chi connectivity index (χ1) is 10.5. The monoisotopic (exact) mass is 362 g/mol. The number of rotatable bonds is 6. The minimum absolute atomic E-state index is 0.887. The Balaban J connectivity index is 1.64. The predicted octanol–water partition coefficient (Wildman–Crippen LogP) is -0.489. The summed E-state index contributed by atoms with van der Waals surface area (Å²) in [5.74, 6) is 0. The Morgan fingerprint density at radius 2 is 2.14 bits per heavy atom. The van der Waals surface area contributed by atoms with Crippen LogP contribution in [0.15, 0.2) is 12.1 Å². The van der Waals surface area contributed by atoms with Crippen LogP contribution < -0.4 is 15.1 Å². The van der Waals surface area contributed by atoms with Crippen molar-refractivity contribution in [3.8, 4) is 0 Å². The smallest absolute Gasteiger partial charge is 0.169 e. The Morgan fingerprint density at radius 3 is 2.73 bits per heavy atom. The summed E-state index contributed by atoms with van der Waals surface area (Å²) in [6.07, 6.45) is 1.16. The van der Waals surface area contributed by atoms with E-state index in [4.69, 9.17) is 23.8 Å². The first-order valence-electron chi connectivity index (χ1n) is 7.94. The fraction of sp³-hybridized carbons (Fsp3) is 0.667. The van der Waals surface area contributed by atoms with E-state index in [9.17, 15) is 0 Å². The minimum Gasteiger partial charge on any atom is -0.362 e. The van der Waals surface area contributed by atoms with Gasteiger partial charge < -0.3 is 20.0 Å². The molecule has 1 saturated heterocycles. The Bertz CT molecular complexity index is 470. The zero-order valence-electron chi connectivity index (χ0n) is 13.5. The molecular weight excluding hydrogens is 336 g/mol. The van der Waals surface area contributed by atoms with Crippen molar-refractivity contribution in [2.24, 2.45) is 0 Å². The number of thiocarbonyl (C=S) groups is 1. The molecule has 0 radical (unpaired) electrons. The van der Waals surface area contributed by atoms with Gasteiger partial charge in [0, 0.05) is 13.0 Å². The highest BCUT2D eigenvalue weighted by atomic mass is 35.5. The lowest BCUT2D eigenvalue weighted by molar-refractivity contribution is -0.917. The van der Waals surface area contributed by atoms with Gasteiger partial charge in [-0.3, -0.25) is 0 Å². The van der Waals surface area contributed by atoms with Crippen LogP contribution in [0, 0.1) is 0 Å². The highest BCUT2D eigenvalue weighted by molar-refractivity contribution is 7.80. The standard InChI is InChI=1S/C15H25ClN4S2/c1-18(2)7-3-6-17-15(21)20-10-8-19(9-11-20)12-13-4-5-14(16)22-13/h4-5H,3,6-12H2,1-2H3,(H,17,21)/p+2. The summed E-state index contributed by atoms with van der Waals surface area (Å²) >= 11 is 13.2. The molecule has 1 aromatic rings. The molecule has 7 heteroatoms. The second-order valence-electron chi connectivity index (χ2n) is 6.16. The molecule has 0 aromatic carbocycles. The van der Waals surface area contributed by atoms with E-state index < -0.39 is 0 Å². The second kappa shape index (κ2) is 9.03. The molecule has 0 bridgehead atoms. The van der Waals surface area contributed by atoms with Crippen LogP contribution in [0.25, 0.3) is 0 Å². The lowest BCUT2D eigenvalue weighted by Crippen LogP contribution is -3.13. The van der Waals surface area contributed by atoms with Crippen molar-refractivity contribution in [2.75, 3.05) is 53.4 Å². The van der Waals surface area contributed by atoms with Crippen molar-refractivity contribution in [1.82, 2.24) is 10.2 Å². The summed E-state index contributed by atoms with van der Waals surface area (Å²) in [5, 5.41) is 4.32. The molecule has 124 valence electrons. The summed E-state index contributed by atoms with van der Waals surface area (Å²) in [7, 11) is 4.36. The summed E-state index contributed by atoms with van der Waals surface area (Å²) < 4.78 is 0.887. The minimum atomic E-state index is 0.887. The van der Waals surface area contributed by atoms with Crippen LogP contribution in [-0.4, -0.2) is 63.4 Å². The molecule has 0 spiro atoms. The van der Waals surface area contributed by atoms with Crippen molar-refractivity contribution >= 4 is 40.3 Å². The van der Waals surface area contributed by atoms with Gasteiger partial charge in [0.15, 0.2) is 5.11 Å². The van der Waals surface area contributed by atoms with Crippen LogP contribution in [0.2, 0.25) is 4.34 Å². The highest BCUT2D eigenvalue weighted by Crippen LogP contribution is 2.20. The van der Waals surface area contributed by atoms with E-state index in [1.165, 1.54) is 16.3 Å². The predicted molar refractivity (Wildman–Crippen MR) is 98.2 cm³/mol. The Hall–Kier alpha value is -0.400. The second-order valence-corrected chi connectivity index (χ2v) is 8.35. The number of nitrogens with one attached hydrogen (secondary N) is 3. The molecule has 4 nitrogen and oxygen atoms in total. The quantitative estimate of drug-likeness (QED) is 0.470. The van der Waals surface area contributed by atoms with E-state index in [2.05, 4.69) is 30.4 Å². The fourth-order valence-electron chi connectivity index (χ4n) is 2.65. The van der Waals surface area contributed by atoms with Crippen molar-refractivity contribution < 1.29 is 9.80 Å². The Labute approximate surface area is 148 Å². The van der Waals surface area contributed by atoms with E-state index >= 15 is 0 Å². The lowest BCUT2D eigenvalue weighted by Gasteiger charge is -2.33. The molecule has 1 aromatic heterocycles. The van der Waals surface area contributed by atoms with Gasteiger partial charge >= 0.3 is 0 Å². The van der Waals surface area contributed by atoms with Crippen molar-refractivity contribution in [3.05, 3.63) is 21.3 Å². The van der Waals surface area contributed by atoms with Crippen molar-refractivity contribution in [3.63, 3.8) is 0 Å². The van der Waals surface area contributed by atoms with Gasteiger partial charge in [0.2, 0.25) is 0 Å². The van der Waals surface area contributed by atoms with Crippen LogP contribution in [0.4, 0.5) is 0 Å². The van der Waals surface area contributed by atoms with Gasteiger partial charge in [0.1, 0.15) is 6.54 Å². The van der Waals surface area contributed by atoms with Gasteiger partial charge in [-0.05, 0) is 24.4 Å². The zero-order chi connectivity index (χ0) is 15.9. The van der Waals surface area contributed by atoms with Crippen LogP contribution >= 0.6 is 35.2 Å². The normalized spacial score (nSPS) is 16.3. The molecule has 22 heavy (non-hydrogen) atoms. The van der Waals surface area contributed by atoms with E-state index in [0.29, 0.717) is 0 Å². The molecule has 0 aliphatic carbocycles. The van der Waals surface area contributed by atoms with Crippen molar-refractivity contribution in [2.45, 2.75) is 13.0 Å². The third-order valence-electron chi connectivity index (χ3n) is 3.94. The molecule has 1 aliphatic rings. The third-order valence-corrected chi connectivity index (χ3v) is 5.57. The van der Waals surface area contributed by atoms with Crippen LogP contribution in [-0.2, 0) is 6.54 Å². The number of hydrogen-bond acceptors (Lipinski definition) is 2. The molecule has 2 heterocycles. The summed E-state index contributed by atoms with van der Waals surface area (Å²) in [5.41, 5.74) is 0. The number of nitrogens with zero attached hydrogens (tertiary/aromatic N) is 1. The number of piperazine rings is 1. The molecule has 3 N–H and O–H groups in total. The maximum Gasteiger partial charge on any atom is 0.169 e. The maximum absolute atomic E-state index is 6.00. The molecule has 0 atom stereocenters. The Kier molecular flexibility index (Phi) is 7.37. The maximum atomic E-state index is 6.00. The first kappa shape index (κ1) is 17.9. The molecular formula is C15H27ClN4S2+2. The van der Waals surface area contributed by atoms with E-state index in [-0.39, 0.29) is 0 Å². The SMILES string of the molecule is C[NH+](C)CCCNC(=S)N1CC[NH+](Cc2ccc(Cl)s2)CC1. The van der Waals surface area contributed by atoms with Gasteiger partial charge in [-0.2, -0.15) is 0 Å². The lowest BCUT2D eigenvalue weighted by atomic mass is 10.3. The number of thiophene rings is 1. The largest absolute Gasteiger partial charge is 0.362 e. The average Bonchev–Trinajstić information content (AvgIpc) is 2.89. The molecule has 0 unspecified atom stereocenters. The van der Waals surface area contributed by atoms with Gasteiger partial charge in [0.05, 0.1) is 56.0 Å². The fourth-order valence-corrected chi connectivity index (χ4v) is 4.09. The number of hydrogen-bond donors (Lipinski definition) is 3. The molecule has 1 aliphatic heterocycles. The molecule has 0 saturated carbocycles. The summed E-state index contributed by atoms with van der Waals surface area (Å²) in [6.45, 7) is 7.59. The number of quaternary nitrogens is 2. The van der Waals surface area contributed by atoms with E-state index in [1.54, 1.807) is 16.2 Å². The zero-order valence-corrected chi connectivity index (χ0v) is 15.8. The van der Waals surface area contributed by atoms with Gasteiger partial charge in [0.25, 0.3) is 0 Å². The summed E-state index contributed by atoms with van der Waals surface area (Å²) in [4.78, 5) is 6.79. The Morgan fingerprint density at radius 1 is 1.41 bits per heavy atom. The third kappa shape index (κ3) is 6.01. The summed E-state index contributed by atoms with van der Waals surface area (Å²) in [6, 6.07) is 4.14. The van der Waals surface area contributed by atoms with Crippen molar-refractivity contribution in [1.29, 1.82) is 0 Å². The van der Waals surface area contributed by atoms with Gasteiger partial charge in [-0.25, -0.2) is 0 Å². The topological polar surface area (TPSA) is 24.2 Å².